The molecule has 0 aliphatic carbocycles. The summed E-state index contributed by atoms with van der Waals surface area (Å²) in [5, 5.41) is 9.62. The molecule has 5 heteroatoms. The first-order valence-corrected chi connectivity index (χ1v) is 6.73. The number of likely N-dealkylation sites (tertiary alicyclic amines) is 1. The van der Waals surface area contributed by atoms with E-state index in [4.69, 9.17) is 28.3 Å². The second-order valence-corrected chi connectivity index (χ2v) is 5.30. The van der Waals surface area contributed by atoms with Gasteiger partial charge in [0.2, 0.25) is 0 Å². The summed E-state index contributed by atoms with van der Waals surface area (Å²) in [6, 6.07) is 5.08. The first-order valence-electron chi connectivity index (χ1n) is 5.97. The Hall–Kier alpha value is -0.770. The quantitative estimate of drug-likeness (QED) is 0.929. The van der Waals surface area contributed by atoms with Gasteiger partial charge in [0.1, 0.15) is 0 Å². The molecule has 1 aromatic carbocycles. The lowest BCUT2D eigenvalue weighted by molar-refractivity contribution is 0.0785. The van der Waals surface area contributed by atoms with E-state index in [-0.39, 0.29) is 12.5 Å². The van der Waals surface area contributed by atoms with Crippen molar-refractivity contribution in [3.8, 4) is 0 Å². The third-order valence-corrected chi connectivity index (χ3v) is 4.11. The first-order chi connectivity index (χ1) is 8.63. The standard InChI is InChI=1S/C13H15Cl2NO2/c14-11-3-1-2-10(12(11)15)13(18)16-6-4-9(8-16)5-7-17/h1-3,9,17H,4-8H2. The molecule has 18 heavy (non-hydrogen) atoms. The molecule has 0 bridgehead atoms. The van der Waals surface area contributed by atoms with E-state index in [9.17, 15) is 4.79 Å². The molecule has 1 aromatic rings. The van der Waals surface area contributed by atoms with Crippen LogP contribution in [-0.2, 0) is 0 Å². The highest BCUT2D eigenvalue weighted by Gasteiger charge is 2.27. The minimum absolute atomic E-state index is 0.0806. The number of hydrogen-bond acceptors (Lipinski definition) is 2. The van der Waals surface area contributed by atoms with E-state index in [0.29, 0.717) is 34.6 Å². The van der Waals surface area contributed by atoms with Crippen LogP contribution < -0.4 is 0 Å². The van der Waals surface area contributed by atoms with Gasteiger partial charge in [-0.15, -0.1) is 0 Å². The van der Waals surface area contributed by atoms with E-state index in [0.717, 1.165) is 12.8 Å². The van der Waals surface area contributed by atoms with Gasteiger partial charge in [0.15, 0.2) is 0 Å². The molecule has 1 atom stereocenters. The summed E-state index contributed by atoms with van der Waals surface area (Å²) < 4.78 is 0. The van der Waals surface area contributed by atoms with Gasteiger partial charge >= 0.3 is 0 Å². The van der Waals surface area contributed by atoms with Crippen LogP contribution in [0.4, 0.5) is 0 Å². The van der Waals surface area contributed by atoms with Crippen molar-refractivity contribution in [2.75, 3.05) is 19.7 Å². The molecule has 1 aliphatic heterocycles. The number of aliphatic hydroxyl groups excluding tert-OH is 1. The number of benzene rings is 1. The van der Waals surface area contributed by atoms with Gasteiger partial charge in [-0.2, -0.15) is 0 Å². The summed E-state index contributed by atoms with van der Waals surface area (Å²) in [5.74, 6) is 0.305. The molecule has 1 heterocycles. The first kappa shape index (κ1) is 13.7. The maximum absolute atomic E-state index is 12.3. The summed E-state index contributed by atoms with van der Waals surface area (Å²) in [7, 11) is 0. The van der Waals surface area contributed by atoms with Crippen LogP contribution in [-0.4, -0.2) is 35.6 Å². The molecule has 1 amide bonds. The van der Waals surface area contributed by atoms with Gasteiger partial charge in [-0.25, -0.2) is 0 Å². The van der Waals surface area contributed by atoms with Crippen LogP contribution in [0, 0.1) is 5.92 Å². The zero-order valence-electron chi connectivity index (χ0n) is 9.90. The van der Waals surface area contributed by atoms with Crippen molar-refractivity contribution in [1.82, 2.24) is 4.90 Å². The summed E-state index contributed by atoms with van der Waals surface area (Å²) in [6.07, 6.45) is 1.68. The van der Waals surface area contributed by atoms with Crippen LogP contribution in [0.25, 0.3) is 0 Å². The molecule has 98 valence electrons. The minimum atomic E-state index is -0.0806. The maximum Gasteiger partial charge on any atom is 0.255 e. The number of rotatable bonds is 3. The molecule has 0 saturated carbocycles. The van der Waals surface area contributed by atoms with Crippen molar-refractivity contribution in [3.05, 3.63) is 33.8 Å². The average Bonchev–Trinajstić information content (AvgIpc) is 2.81. The number of nitrogens with zero attached hydrogens (tertiary/aromatic N) is 1. The van der Waals surface area contributed by atoms with Crippen molar-refractivity contribution in [2.45, 2.75) is 12.8 Å². The Morgan fingerprint density at radius 2 is 2.22 bits per heavy atom. The average molecular weight is 288 g/mol. The molecule has 0 spiro atoms. The normalized spacial score (nSPS) is 19.3. The zero-order chi connectivity index (χ0) is 13.1. The Morgan fingerprint density at radius 1 is 1.44 bits per heavy atom. The van der Waals surface area contributed by atoms with Gasteiger partial charge in [-0.3, -0.25) is 4.79 Å². The zero-order valence-corrected chi connectivity index (χ0v) is 11.4. The van der Waals surface area contributed by atoms with E-state index in [2.05, 4.69) is 0 Å². The Labute approximate surface area is 116 Å². The lowest BCUT2D eigenvalue weighted by Crippen LogP contribution is -2.29. The van der Waals surface area contributed by atoms with Crippen LogP contribution in [0.1, 0.15) is 23.2 Å². The fraction of sp³-hybridized carbons (Fsp3) is 0.462. The summed E-state index contributed by atoms with van der Waals surface area (Å²) in [4.78, 5) is 14.1. The van der Waals surface area contributed by atoms with Crippen LogP contribution in [0.2, 0.25) is 10.0 Å². The minimum Gasteiger partial charge on any atom is -0.396 e. The van der Waals surface area contributed by atoms with Crippen molar-refractivity contribution in [1.29, 1.82) is 0 Å². The van der Waals surface area contributed by atoms with E-state index < -0.39 is 0 Å². The molecule has 0 radical (unpaired) electrons. The number of carbonyl (C=O) groups excluding carboxylic acids is 1. The highest BCUT2D eigenvalue weighted by molar-refractivity contribution is 6.43. The second-order valence-electron chi connectivity index (χ2n) is 4.52. The van der Waals surface area contributed by atoms with Crippen molar-refractivity contribution >= 4 is 29.1 Å². The largest absolute Gasteiger partial charge is 0.396 e. The number of aliphatic hydroxyl groups is 1. The number of hydrogen-bond donors (Lipinski definition) is 1. The summed E-state index contributed by atoms with van der Waals surface area (Å²) >= 11 is 12.0. The van der Waals surface area contributed by atoms with E-state index in [1.54, 1.807) is 23.1 Å². The Morgan fingerprint density at radius 3 is 2.94 bits per heavy atom. The predicted molar refractivity (Wildman–Crippen MR) is 72.2 cm³/mol. The highest BCUT2D eigenvalue weighted by atomic mass is 35.5. The Bertz CT molecular complexity index is 451. The molecule has 3 nitrogen and oxygen atoms in total. The molecule has 1 saturated heterocycles. The third kappa shape index (κ3) is 2.79. The highest BCUT2D eigenvalue weighted by Crippen LogP contribution is 2.28. The molecule has 1 N–H and O–H groups in total. The van der Waals surface area contributed by atoms with E-state index in [1.165, 1.54) is 0 Å². The van der Waals surface area contributed by atoms with Crippen LogP contribution in [0.15, 0.2) is 18.2 Å². The summed E-state index contributed by atoms with van der Waals surface area (Å²) in [5.41, 5.74) is 0.453. The Kier molecular flexibility index (Phi) is 4.49. The van der Waals surface area contributed by atoms with Gasteiger partial charge in [0.05, 0.1) is 15.6 Å². The van der Waals surface area contributed by atoms with Gasteiger partial charge in [-0.1, -0.05) is 29.3 Å². The lowest BCUT2D eigenvalue weighted by Gasteiger charge is -2.17. The summed E-state index contributed by atoms with van der Waals surface area (Å²) in [6.45, 7) is 1.57. The number of halogens is 2. The molecule has 0 aromatic heterocycles. The van der Waals surface area contributed by atoms with Crippen molar-refractivity contribution in [2.24, 2.45) is 5.92 Å². The van der Waals surface area contributed by atoms with Gasteiger partial charge in [-0.05, 0) is 30.9 Å². The predicted octanol–water partition coefficient (Wildman–Crippen LogP) is 2.84. The Balaban J connectivity index is 2.11. The van der Waals surface area contributed by atoms with Crippen molar-refractivity contribution < 1.29 is 9.90 Å². The van der Waals surface area contributed by atoms with Crippen LogP contribution in [0.5, 0.6) is 0 Å². The molecule has 2 rings (SSSR count). The smallest absolute Gasteiger partial charge is 0.255 e. The topological polar surface area (TPSA) is 40.5 Å². The number of carbonyl (C=O) groups is 1. The van der Waals surface area contributed by atoms with Gasteiger partial charge < -0.3 is 10.0 Å². The molecular formula is C13H15Cl2NO2. The fourth-order valence-electron chi connectivity index (χ4n) is 2.27. The third-order valence-electron chi connectivity index (χ3n) is 3.29. The fourth-order valence-corrected chi connectivity index (χ4v) is 2.66. The van der Waals surface area contributed by atoms with Crippen LogP contribution in [0.3, 0.4) is 0 Å². The molecular weight excluding hydrogens is 273 g/mol. The van der Waals surface area contributed by atoms with Gasteiger partial charge in [0, 0.05) is 19.7 Å². The van der Waals surface area contributed by atoms with Crippen LogP contribution >= 0.6 is 23.2 Å². The number of amides is 1. The monoisotopic (exact) mass is 287 g/mol. The molecule has 1 aliphatic rings. The maximum atomic E-state index is 12.3. The molecule has 1 unspecified atom stereocenters. The van der Waals surface area contributed by atoms with E-state index >= 15 is 0 Å². The second kappa shape index (κ2) is 5.91. The SMILES string of the molecule is O=C(c1cccc(Cl)c1Cl)N1CCC(CCO)C1. The molecule has 1 fully saturated rings. The van der Waals surface area contributed by atoms with E-state index in [1.807, 2.05) is 0 Å². The van der Waals surface area contributed by atoms with Crippen molar-refractivity contribution in [3.63, 3.8) is 0 Å². The lowest BCUT2D eigenvalue weighted by atomic mass is 10.1. The van der Waals surface area contributed by atoms with Gasteiger partial charge in [0.25, 0.3) is 5.91 Å².